The number of hydrogen-bond acceptors (Lipinski definition) is 3. The van der Waals surface area contributed by atoms with E-state index in [9.17, 15) is 0 Å². The summed E-state index contributed by atoms with van der Waals surface area (Å²) in [5.41, 5.74) is 15.2. The van der Waals surface area contributed by atoms with Gasteiger partial charge in [-0.05, 0) is 43.5 Å². The molecule has 4 heteroatoms. The Balaban J connectivity index is 2.35. The number of nitrogens with zero attached hydrogens (tertiary/aromatic N) is 2. The van der Waals surface area contributed by atoms with E-state index in [0.717, 1.165) is 28.8 Å². The van der Waals surface area contributed by atoms with Crippen LogP contribution < -0.4 is 11.5 Å². The Morgan fingerprint density at radius 2 is 2.11 bits per heavy atom. The number of imidazole rings is 1. The lowest BCUT2D eigenvalue weighted by molar-refractivity contribution is 0.444. The van der Waals surface area contributed by atoms with Crippen LogP contribution in [-0.2, 0) is 7.05 Å². The van der Waals surface area contributed by atoms with Crippen LogP contribution in [-0.4, -0.2) is 16.1 Å². The molecule has 0 fully saturated rings. The minimum Gasteiger partial charge on any atom is -0.331 e. The predicted molar refractivity (Wildman–Crippen MR) is 75.2 cm³/mol. The molecule has 4 N–H and O–H groups in total. The zero-order valence-corrected chi connectivity index (χ0v) is 11.4. The van der Waals surface area contributed by atoms with Crippen LogP contribution in [0.25, 0.3) is 11.0 Å². The molecular weight excluding hydrogens is 224 g/mol. The van der Waals surface area contributed by atoms with E-state index in [4.69, 9.17) is 11.5 Å². The minimum atomic E-state index is 0.0280. The molecule has 2 rings (SSSR count). The normalized spacial score (nSPS) is 14.9. The molecule has 0 spiro atoms. The molecule has 0 amide bonds. The van der Waals surface area contributed by atoms with Crippen molar-refractivity contribution < 1.29 is 0 Å². The summed E-state index contributed by atoms with van der Waals surface area (Å²) in [5.74, 6) is 1.41. The van der Waals surface area contributed by atoms with Gasteiger partial charge in [0.15, 0.2) is 0 Å². The average molecular weight is 246 g/mol. The molecule has 4 nitrogen and oxygen atoms in total. The molecule has 1 heterocycles. The third-order valence-corrected chi connectivity index (χ3v) is 3.75. The van der Waals surface area contributed by atoms with Crippen molar-refractivity contribution in [3.05, 3.63) is 29.6 Å². The molecule has 2 aromatic rings. The number of aromatic nitrogens is 2. The standard InChI is InChI=1S/C14H22N4/c1-9(6-7-15)14(16)11-4-5-13-12(8-11)17-10(2)18(13)3/h4-5,8-9,14H,6-7,15-16H2,1-3H3. The zero-order valence-electron chi connectivity index (χ0n) is 11.4. The van der Waals surface area contributed by atoms with E-state index in [1.807, 2.05) is 14.0 Å². The van der Waals surface area contributed by atoms with E-state index >= 15 is 0 Å². The summed E-state index contributed by atoms with van der Waals surface area (Å²) >= 11 is 0. The lowest BCUT2D eigenvalue weighted by atomic mass is 9.92. The molecule has 0 aliphatic rings. The third kappa shape index (κ3) is 2.26. The second kappa shape index (κ2) is 5.08. The summed E-state index contributed by atoms with van der Waals surface area (Å²) in [6.07, 6.45) is 0.945. The van der Waals surface area contributed by atoms with Crippen molar-refractivity contribution in [2.45, 2.75) is 26.3 Å². The highest BCUT2D eigenvalue weighted by atomic mass is 15.0. The van der Waals surface area contributed by atoms with Gasteiger partial charge >= 0.3 is 0 Å². The SMILES string of the molecule is Cc1nc2cc(C(N)C(C)CCN)ccc2n1C. The molecule has 0 saturated carbocycles. The van der Waals surface area contributed by atoms with Crippen LogP contribution >= 0.6 is 0 Å². The molecular formula is C14H22N4. The van der Waals surface area contributed by atoms with Crippen molar-refractivity contribution in [2.24, 2.45) is 24.4 Å². The molecule has 98 valence electrons. The topological polar surface area (TPSA) is 69.9 Å². The summed E-state index contributed by atoms with van der Waals surface area (Å²) in [7, 11) is 2.03. The van der Waals surface area contributed by atoms with Crippen molar-refractivity contribution in [3.63, 3.8) is 0 Å². The third-order valence-electron chi connectivity index (χ3n) is 3.75. The second-order valence-corrected chi connectivity index (χ2v) is 5.05. The number of fused-ring (bicyclic) bond motifs is 1. The minimum absolute atomic E-state index is 0.0280. The molecule has 1 aromatic carbocycles. The Bertz CT molecular complexity index is 544. The van der Waals surface area contributed by atoms with E-state index in [-0.39, 0.29) is 6.04 Å². The molecule has 2 unspecified atom stereocenters. The van der Waals surface area contributed by atoms with Crippen LogP contribution in [0.15, 0.2) is 18.2 Å². The quantitative estimate of drug-likeness (QED) is 0.865. The van der Waals surface area contributed by atoms with Gasteiger partial charge in [-0.25, -0.2) is 4.98 Å². The van der Waals surface area contributed by atoms with E-state index in [2.05, 4.69) is 34.7 Å². The summed E-state index contributed by atoms with van der Waals surface area (Å²) in [5, 5.41) is 0. The highest BCUT2D eigenvalue weighted by Gasteiger charge is 2.15. The summed E-state index contributed by atoms with van der Waals surface area (Å²) in [6, 6.07) is 6.32. The van der Waals surface area contributed by atoms with Crippen LogP contribution in [0, 0.1) is 12.8 Å². The highest BCUT2D eigenvalue weighted by Crippen LogP contribution is 2.25. The van der Waals surface area contributed by atoms with Crippen molar-refractivity contribution >= 4 is 11.0 Å². The van der Waals surface area contributed by atoms with Crippen LogP contribution in [0.3, 0.4) is 0 Å². The van der Waals surface area contributed by atoms with Gasteiger partial charge in [-0.1, -0.05) is 13.0 Å². The Morgan fingerprint density at radius 1 is 1.39 bits per heavy atom. The van der Waals surface area contributed by atoms with E-state index < -0.39 is 0 Å². The predicted octanol–water partition coefficient (Wildman–Crippen LogP) is 1.87. The Labute approximate surface area is 108 Å². The molecule has 0 radical (unpaired) electrons. The number of rotatable bonds is 4. The van der Waals surface area contributed by atoms with Gasteiger partial charge in [-0.3, -0.25) is 0 Å². The fourth-order valence-electron chi connectivity index (χ4n) is 2.32. The average Bonchev–Trinajstić information content (AvgIpc) is 2.64. The van der Waals surface area contributed by atoms with Crippen molar-refractivity contribution in [1.29, 1.82) is 0 Å². The first-order valence-corrected chi connectivity index (χ1v) is 6.43. The van der Waals surface area contributed by atoms with Crippen LogP contribution in [0.5, 0.6) is 0 Å². The monoisotopic (exact) mass is 246 g/mol. The smallest absolute Gasteiger partial charge is 0.106 e. The zero-order chi connectivity index (χ0) is 13.3. The van der Waals surface area contributed by atoms with Gasteiger partial charge in [-0.2, -0.15) is 0 Å². The molecule has 1 aromatic heterocycles. The van der Waals surface area contributed by atoms with Gasteiger partial charge in [0.05, 0.1) is 11.0 Å². The number of benzene rings is 1. The maximum absolute atomic E-state index is 6.27. The van der Waals surface area contributed by atoms with Gasteiger partial charge in [0.25, 0.3) is 0 Å². The summed E-state index contributed by atoms with van der Waals surface area (Å²) in [4.78, 5) is 4.54. The Morgan fingerprint density at radius 3 is 2.78 bits per heavy atom. The highest BCUT2D eigenvalue weighted by molar-refractivity contribution is 5.76. The van der Waals surface area contributed by atoms with Gasteiger partial charge in [0, 0.05) is 13.1 Å². The Kier molecular flexibility index (Phi) is 3.68. The molecule has 0 bridgehead atoms. The maximum Gasteiger partial charge on any atom is 0.106 e. The molecule has 0 aliphatic heterocycles. The van der Waals surface area contributed by atoms with Crippen molar-refractivity contribution in [2.75, 3.05) is 6.54 Å². The van der Waals surface area contributed by atoms with E-state index in [0.29, 0.717) is 12.5 Å². The summed E-state index contributed by atoms with van der Waals surface area (Å²) in [6.45, 7) is 4.84. The van der Waals surface area contributed by atoms with Gasteiger partial charge in [0.1, 0.15) is 5.82 Å². The largest absolute Gasteiger partial charge is 0.331 e. The molecule has 0 aliphatic carbocycles. The first kappa shape index (κ1) is 13.1. The first-order valence-electron chi connectivity index (χ1n) is 6.43. The van der Waals surface area contributed by atoms with E-state index in [1.165, 1.54) is 0 Å². The number of hydrogen-bond donors (Lipinski definition) is 2. The maximum atomic E-state index is 6.27. The fraction of sp³-hybridized carbons (Fsp3) is 0.500. The van der Waals surface area contributed by atoms with Gasteiger partial charge in [-0.15, -0.1) is 0 Å². The molecule has 0 saturated heterocycles. The molecule has 18 heavy (non-hydrogen) atoms. The van der Waals surface area contributed by atoms with Crippen LogP contribution in [0.1, 0.15) is 30.8 Å². The second-order valence-electron chi connectivity index (χ2n) is 5.05. The number of aryl methyl sites for hydroxylation is 2. The first-order chi connectivity index (χ1) is 8.54. The van der Waals surface area contributed by atoms with Crippen molar-refractivity contribution in [3.8, 4) is 0 Å². The summed E-state index contributed by atoms with van der Waals surface area (Å²) < 4.78 is 2.09. The van der Waals surface area contributed by atoms with Crippen LogP contribution in [0.2, 0.25) is 0 Å². The molecule has 2 atom stereocenters. The lowest BCUT2D eigenvalue weighted by Crippen LogP contribution is -2.21. The fourth-order valence-corrected chi connectivity index (χ4v) is 2.32. The number of nitrogens with two attached hydrogens (primary N) is 2. The lowest BCUT2D eigenvalue weighted by Gasteiger charge is -2.19. The van der Waals surface area contributed by atoms with Gasteiger partial charge < -0.3 is 16.0 Å². The van der Waals surface area contributed by atoms with Crippen LogP contribution in [0.4, 0.5) is 0 Å². The van der Waals surface area contributed by atoms with Gasteiger partial charge in [0.2, 0.25) is 0 Å². The van der Waals surface area contributed by atoms with E-state index in [1.54, 1.807) is 0 Å². The Hall–Kier alpha value is -1.39. The van der Waals surface area contributed by atoms with Crippen molar-refractivity contribution in [1.82, 2.24) is 9.55 Å².